The highest BCUT2D eigenvalue weighted by atomic mass is 79.9. The molecule has 2 aromatic carbocycles. The first-order valence-corrected chi connectivity index (χ1v) is 6.34. The Balaban J connectivity index is 2.10. The number of halogens is 2. The summed E-state index contributed by atoms with van der Waals surface area (Å²) < 4.78 is 19.7. The molecule has 4 heteroatoms. The summed E-state index contributed by atoms with van der Waals surface area (Å²) in [5.41, 5.74) is 7.25. The molecule has 18 heavy (non-hydrogen) atoms. The third-order valence-corrected chi connectivity index (χ3v) is 3.07. The highest BCUT2D eigenvalue weighted by molar-refractivity contribution is 9.10. The Kier molecular flexibility index (Phi) is 4.33. The molecule has 0 saturated heterocycles. The van der Waals surface area contributed by atoms with E-state index < -0.39 is 0 Å². The second-order valence-electron chi connectivity index (χ2n) is 3.86. The van der Waals surface area contributed by atoms with E-state index in [1.165, 1.54) is 12.1 Å². The number of nitrogens with two attached hydrogens (primary N) is 1. The molecule has 2 N–H and O–H groups in total. The molecule has 0 aliphatic heterocycles. The predicted octanol–water partition coefficient (Wildman–Crippen LogP) is 3.63. The molecule has 0 atom stereocenters. The number of hydrogen-bond acceptors (Lipinski definition) is 2. The van der Waals surface area contributed by atoms with Crippen LogP contribution in [0, 0.1) is 5.82 Å². The van der Waals surface area contributed by atoms with E-state index in [1.807, 2.05) is 24.3 Å². The zero-order valence-corrected chi connectivity index (χ0v) is 11.3. The van der Waals surface area contributed by atoms with Gasteiger partial charge in [-0.15, -0.1) is 0 Å². The zero-order chi connectivity index (χ0) is 13.0. The molecular formula is C14H13BrFNO. The first-order valence-electron chi connectivity index (χ1n) is 5.55. The van der Waals surface area contributed by atoms with Crippen LogP contribution in [0.5, 0.6) is 5.75 Å². The van der Waals surface area contributed by atoms with Crippen LogP contribution in [0.1, 0.15) is 11.1 Å². The minimum atomic E-state index is -0.276. The molecule has 2 rings (SSSR count). The van der Waals surface area contributed by atoms with Gasteiger partial charge < -0.3 is 10.5 Å². The molecule has 0 spiro atoms. The van der Waals surface area contributed by atoms with Crippen molar-refractivity contribution >= 4 is 15.9 Å². The lowest BCUT2D eigenvalue weighted by Crippen LogP contribution is -2.05. The number of rotatable bonds is 4. The maximum absolute atomic E-state index is 13.0. The quantitative estimate of drug-likeness (QED) is 0.936. The second-order valence-corrected chi connectivity index (χ2v) is 4.78. The van der Waals surface area contributed by atoms with Crippen LogP contribution >= 0.6 is 15.9 Å². The fraction of sp³-hybridized carbons (Fsp3) is 0.143. The average molecular weight is 310 g/mol. The zero-order valence-electron chi connectivity index (χ0n) is 9.70. The number of ether oxygens (including phenoxy) is 1. The Morgan fingerprint density at radius 3 is 2.67 bits per heavy atom. The van der Waals surface area contributed by atoms with Gasteiger partial charge in [0.05, 0.1) is 0 Å². The summed E-state index contributed by atoms with van der Waals surface area (Å²) in [5.74, 6) is 0.485. The molecule has 2 aromatic rings. The molecule has 94 valence electrons. The van der Waals surface area contributed by atoms with Crippen LogP contribution in [-0.2, 0) is 13.2 Å². The van der Waals surface area contributed by atoms with E-state index in [-0.39, 0.29) is 5.82 Å². The van der Waals surface area contributed by atoms with Crippen molar-refractivity contribution in [3.05, 3.63) is 63.9 Å². The van der Waals surface area contributed by atoms with Crippen molar-refractivity contribution in [2.45, 2.75) is 13.2 Å². The Labute approximate surface area is 114 Å². The minimum Gasteiger partial charge on any atom is -0.489 e. The maximum atomic E-state index is 13.0. The molecule has 2 nitrogen and oxygen atoms in total. The van der Waals surface area contributed by atoms with Gasteiger partial charge in [-0.3, -0.25) is 0 Å². The summed E-state index contributed by atoms with van der Waals surface area (Å²) in [6, 6.07) is 12.1. The topological polar surface area (TPSA) is 35.2 Å². The van der Waals surface area contributed by atoms with E-state index in [4.69, 9.17) is 10.5 Å². The smallest absolute Gasteiger partial charge is 0.123 e. The van der Waals surface area contributed by atoms with Crippen molar-refractivity contribution in [2.75, 3.05) is 0 Å². The summed E-state index contributed by atoms with van der Waals surface area (Å²) in [6.45, 7) is 0.679. The maximum Gasteiger partial charge on any atom is 0.123 e. The van der Waals surface area contributed by atoms with Crippen LogP contribution in [0.4, 0.5) is 4.39 Å². The first-order chi connectivity index (χ1) is 8.69. The van der Waals surface area contributed by atoms with E-state index in [0.717, 1.165) is 21.3 Å². The van der Waals surface area contributed by atoms with Crippen molar-refractivity contribution in [1.82, 2.24) is 0 Å². The van der Waals surface area contributed by atoms with Gasteiger partial charge in [0.15, 0.2) is 0 Å². The molecule has 0 fully saturated rings. The van der Waals surface area contributed by atoms with Crippen molar-refractivity contribution in [2.24, 2.45) is 5.73 Å². The average Bonchev–Trinajstić information content (AvgIpc) is 2.37. The Bertz CT molecular complexity index is 545. The Hall–Kier alpha value is -1.39. The van der Waals surface area contributed by atoms with E-state index in [2.05, 4.69) is 15.9 Å². The van der Waals surface area contributed by atoms with Gasteiger partial charge >= 0.3 is 0 Å². The molecule has 0 unspecified atom stereocenters. The van der Waals surface area contributed by atoms with E-state index in [0.29, 0.717) is 13.2 Å². The summed E-state index contributed by atoms with van der Waals surface area (Å²) in [5, 5.41) is 0. The van der Waals surface area contributed by atoms with Gasteiger partial charge in [-0.05, 0) is 41.5 Å². The van der Waals surface area contributed by atoms with Gasteiger partial charge in [-0.25, -0.2) is 4.39 Å². The molecule has 0 aromatic heterocycles. The lowest BCUT2D eigenvalue weighted by Gasteiger charge is -2.10. The normalized spacial score (nSPS) is 10.4. The van der Waals surface area contributed by atoms with Gasteiger partial charge in [0.1, 0.15) is 18.2 Å². The second kappa shape index (κ2) is 5.98. The summed E-state index contributed by atoms with van der Waals surface area (Å²) >= 11 is 3.38. The Morgan fingerprint density at radius 1 is 1.11 bits per heavy atom. The van der Waals surface area contributed by atoms with Gasteiger partial charge in [-0.1, -0.05) is 28.1 Å². The minimum absolute atomic E-state index is 0.276. The van der Waals surface area contributed by atoms with E-state index in [1.54, 1.807) is 6.07 Å². The SMILES string of the molecule is NCc1cc(F)ccc1COc1cccc(Br)c1. The molecule has 0 saturated carbocycles. The van der Waals surface area contributed by atoms with Crippen LogP contribution in [0.3, 0.4) is 0 Å². The standard InChI is InChI=1S/C14H13BrFNO/c15-12-2-1-3-14(7-12)18-9-10-4-5-13(16)6-11(10)8-17/h1-7H,8-9,17H2. The van der Waals surface area contributed by atoms with Crippen LogP contribution in [0.25, 0.3) is 0 Å². The van der Waals surface area contributed by atoms with Gasteiger partial charge in [-0.2, -0.15) is 0 Å². The lowest BCUT2D eigenvalue weighted by atomic mass is 10.1. The van der Waals surface area contributed by atoms with E-state index in [9.17, 15) is 4.39 Å². The Morgan fingerprint density at radius 2 is 1.94 bits per heavy atom. The monoisotopic (exact) mass is 309 g/mol. The fourth-order valence-corrected chi connectivity index (χ4v) is 2.02. The van der Waals surface area contributed by atoms with Crippen LogP contribution in [-0.4, -0.2) is 0 Å². The summed E-state index contributed by atoms with van der Waals surface area (Å²) in [6.07, 6.45) is 0. The fourth-order valence-electron chi connectivity index (χ4n) is 1.64. The molecule has 0 aliphatic rings. The van der Waals surface area contributed by atoms with Gasteiger partial charge in [0.2, 0.25) is 0 Å². The molecule has 0 aliphatic carbocycles. The molecule has 0 bridgehead atoms. The van der Waals surface area contributed by atoms with Crippen molar-refractivity contribution in [1.29, 1.82) is 0 Å². The van der Waals surface area contributed by atoms with Crippen LogP contribution in [0.15, 0.2) is 46.9 Å². The summed E-state index contributed by atoms with van der Waals surface area (Å²) in [4.78, 5) is 0. The third-order valence-electron chi connectivity index (χ3n) is 2.58. The molecular weight excluding hydrogens is 297 g/mol. The first kappa shape index (κ1) is 13.1. The van der Waals surface area contributed by atoms with Gasteiger partial charge in [0.25, 0.3) is 0 Å². The largest absolute Gasteiger partial charge is 0.489 e. The van der Waals surface area contributed by atoms with Crippen molar-refractivity contribution in [3.8, 4) is 5.75 Å². The highest BCUT2D eigenvalue weighted by Crippen LogP contribution is 2.20. The van der Waals surface area contributed by atoms with Crippen LogP contribution in [0.2, 0.25) is 0 Å². The van der Waals surface area contributed by atoms with Crippen LogP contribution < -0.4 is 10.5 Å². The van der Waals surface area contributed by atoms with Crippen molar-refractivity contribution in [3.63, 3.8) is 0 Å². The van der Waals surface area contributed by atoms with Gasteiger partial charge in [0, 0.05) is 11.0 Å². The lowest BCUT2D eigenvalue weighted by molar-refractivity contribution is 0.304. The molecule has 0 heterocycles. The van der Waals surface area contributed by atoms with Crippen molar-refractivity contribution < 1.29 is 9.13 Å². The van der Waals surface area contributed by atoms with E-state index >= 15 is 0 Å². The highest BCUT2D eigenvalue weighted by Gasteiger charge is 2.04. The summed E-state index contributed by atoms with van der Waals surface area (Å²) in [7, 11) is 0. The molecule has 0 amide bonds. The predicted molar refractivity (Wildman–Crippen MR) is 72.8 cm³/mol. The number of hydrogen-bond donors (Lipinski definition) is 1. The third kappa shape index (κ3) is 3.31. The molecule has 0 radical (unpaired) electrons. The number of benzene rings is 2.